The molecule has 0 saturated carbocycles. The molecule has 23 heavy (non-hydrogen) atoms. The van der Waals surface area contributed by atoms with Crippen LogP contribution in [0, 0.1) is 0 Å². The maximum absolute atomic E-state index is 6.12. The maximum Gasteiger partial charge on any atom is 0.210 e. The minimum atomic E-state index is 0.645. The minimum Gasteiger partial charge on any atom is -0.335 e. The van der Waals surface area contributed by atoms with Gasteiger partial charge in [0.1, 0.15) is 0 Å². The summed E-state index contributed by atoms with van der Waals surface area (Å²) >= 11 is 5.06. The normalized spacial score (nSPS) is 11.2. The molecule has 0 saturated heterocycles. The molecule has 116 valence electrons. The number of thioether (sulfide) groups is 1. The van der Waals surface area contributed by atoms with Crippen LogP contribution in [0.2, 0.25) is 0 Å². The van der Waals surface area contributed by atoms with E-state index in [2.05, 4.69) is 50.4 Å². The topological polar surface area (TPSA) is 56.7 Å². The second-order valence-electron chi connectivity index (χ2n) is 4.78. The summed E-state index contributed by atoms with van der Waals surface area (Å²) in [5, 5.41) is 9.06. The van der Waals surface area contributed by atoms with Gasteiger partial charge in [-0.3, -0.25) is 0 Å². The molecule has 0 aliphatic rings. The van der Waals surface area contributed by atoms with Crippen LogP contribution in [0.25, 0.3) is 17.5 Å². The molecule has 3 rings (SSSR count). The molecule has 0 fully saturated rings. The van der Waals surface area contributed by atoms with Gasteiger partial charge in [-0.1, -0.05) is 82.3 Å². The first-order valence-corrected chi connectivity index (χ1v) is 8.83. The van der Waals surface area contributed by atoms with E-state index in [9.17, 15) is 0 Å². The first-order valence-electron chi connectivity index (χ1n) is 7.05. The van der Waals surface area contributed by atoms with Crippen LogP contribution < -0.4 is 5.84 Å². The highest BCUT2D eigenvalue weighted by atomic mass is 79.9. The molecule has 6 heteroatoms. The van der Waals surface area contributed by atoms with Gasteiger partial charge in [0.25, 0.3) is 0 Å². The van der Waals surface area contributed by atoms with Crippen molar-refractivity contribution in [2.75, 3.05) is 11.6 Å². The summed E-state index contributed by atoms with van der Waals surface area (Å²) in [7, 11) is 0. The molecule has 1 aromatic heterocycles. The molecule has 0 aliphatic heterocycles. The smallest absolute Gasteiger partial charge is 0.210 e. The lowest BCUT2D eigenvalue weighted by molar-refractivity contribution is 0.851. The highest BCUT2D eigenvalue weighted by molar-refractivity contribution is 9.10. The van der Waals surface area contributed by atoms with Gasteiger partial charge in [-0.2, -0.15) is 0 Å². The molecule has 0 spiro atoms. The van der Waals surface area contributed by atoms with Crippen molar-refractivity contribution in [3.8, 4) is 11.4 Å². The molecule has 1 heterocycles. The van der Waals surface area contributed by atoms with Crippen molar-refractivity contribution in [2.24, 2.45) is 0 Å². The van der Waals surface area contributed by atoms with E-state index in [0.29, 0.717) is 11.0 Å². The Morgan fingerprint density at radius 3 is 2.57 bits per heavy atom. The number of halogens is 1. The Bertz CT molecular complexity index is 814. The van der Waals surface area contributed by atoms with Crippen molar-refractivity contribution < 1.29 is 0 Å². The number of hydrogen-bond acceptors (Lipinski definition) is 4. The molecule has 0 bridgehead atoms. The van der Waals surface area contributed by atoms with Crippen LogP contribution >= 0.6 is 27.7 Å². The molecule has 2 N–H and O–H groups in total. The average Bonchev–Trinajstić information content (AvgIpc) is 2.94. The largest absolute Gasteiger partial charge is 0.335 e. The van der Waals surface area contributed by atoms with Crippen LogP contribution in [0.4, 0.5) is 0 Å². The van der Waals surface area contributed by atoms with Crippen LogP contribution in [0.3, 0.4) is 0 Å². The summed E-state index contributed by atoms with van der Waals surface area (Å²) in [6, 6.07) is 18.0. The van der Waals surface area contributed by atoms with Gasteiger partial charge in [-0.25, -0.2) is 4.68 Å². The van der Waals surface area contributed by atoms with Crippen LogP contribution in [0.5, 0.6) is 0 Å². The summed E-state index contributed by atoms with van der Waals surface area (Å²) < 4.78 is 2.47. The van der Waals surface area contributed by atoms with Crippen LogP contribution in [-0.4, -0.2) is 20.6 Å². The molecule has 0 radical (unpaired) electrons. The monoisotopic (exact) mass is 386 g/mol. The van der Waals surface area contributed by atoms with Crippen molar-refractivity contribution in [2.45, 2.75) is 5.16 Å². The number of nitrogens with two attached hydrogens (primary N) is 1. The highest BCUT2D eigenvalue weighted by Crippen LogP contribution is 2.27. The van der Waals surface area contributed by atoms with E-state index in [1.54, 1.807) is 11.8 Å². The van der Waals surface area contributed by atoms with Crippen molar-refractivity contribution in [3.63, 3.8) is 0 Å². The first-order chi connectivity index (χ1) is 11.3. The summed E-state index contributed by atoms with van der Waals surface area (Å²) in [6.45, 7) is 0. The third kappa shape index (κ3) is 3.83. The van der Waals surface area contributed by atoms with Crippen molar-refractivity contribution in [3.05, 3.63) is 70.7 Å². The first kappa shape index (κ1) is 15.8. The van der Waals surface area contributed by atoms with Gasteiger partial charge in [-0.05, 0) is 17.7 Å². The van der Waals surface area contributed by atoms with Gasteiger partial charge in [0.2, 0.25) is 5.16 Å². The minimum absolute atomic E-state index is 0.645. The lowest BCUT2D eigenvalue weighted by Crippen LogP contribution is -2.11. The second-order valence-corrected chi connectivity index (χ2v) is 6.62. The van der Waals surface area contributed by atoms with E-state index in [-0.39, 0.29) is 0 Å². The highest BCUT2D eigenvalue weighted by Gasteiger charge is 2.13. The Labute approximate surface area is 147 Å². The van der Waals surface area contributed by atoms with Gasteiger partial charge in [-0.15, -0.1) is 10.2 Å². The molecule has 2 aromatic carbocycles. The molecule has 0 unspecified atom stereocenters. The number of rotatable bonds is 5. The quantitative estimate of drug-likeness (QED) is 0.526. The Kier molecular flexibility index (Phi) is 5.15. The summed E-state index contributed by atoms with van der Waals surface area (Å²) in [4.78, 5) is 0. The Morgan fingerprint density at radius 2 is 1.78 bits per heavy atom. The predicted molar refractivity (Wildman–Crippen MR) is 99.5 cm³/mol. The van der Waals surface area contributed by atoms with Gasteiger partial charge in [0.05, 0.1) is 0 Å². The zero-order valence-electron chi connectivity index (χ0n) is 12.3. The predicted octanol–water partition coefficient (Wildman–Crippen LogP) is 4.23. The summed E-state index contributed by atoms with van der Waals surface area (Å²) in [6.07, 6.45) is 4.17. The van der Waals surface area contributed by atoms with E-state index in [1.807, 2.05) is 42.5 Å². The molecule has 4 nitrogen and oxygen atoms in total. The fraction of sp³-hybridized carbons (Fsp3) is 0.0588. The Hall–Kier alpha value is -2.05. The van der Waals surface area contributed by atoms with E-state index < -0.39 is 0 Å². The maximum atomic E-state index is 6.12. The van der Waals surface area contributed by atoms with Crippen molar-refractivity contribution in [1.82, 2.24) is 14.9 Å². The Morgan fingerprint density at radius 1 is 1.04 bits per heavy atom. The van der Waals surface area contributed by atoms with Gasteiger partial charge >= 0.3 is 0 Å². The number of nitrogen functional groups attached to an aromatic ring is 1. The van der Waals surface area contributed by atoms with Crippen LogP contribution in [0.15, 0.2) is 70.3 Å². The molecular weight excluding hydrogens is 372 g/mol. The van der Waals surface area contributed by atoms with Crippen LogP contribution in [-0.2, 0) is 0 Å². The van der Waals surface area contributed by atoms with Crippen molar-refractivity contribution >= 4 is 33.8 Å². The molecule has 0 atom stereocenters. The lowest BCUT2D eigenvalue weighted by Gasteiger charge is -2.04. The average molecular weight is 387 g/mol. The van der Waals surface area contributed by atoms with Crippen molar-refractivity contribution in [1.29, 1.82) is 0 Å². The zero-order valence-corrected chi connectivity index (χ0v) is 14.7. The van der Waals surface area contributed by atoms with Gasteiger partial charge < -0.3 is 5.84 Å². The third-order valence-corrected chi connectivity index (χ3v) is 4.78. The summed E-state index contributed by atoms with van der Waals surface area (Å²) in [5.41, 5.74) is 2.10. The van der Waals surface area contributed by atoms with E-state index in [0.717, 1.165) is 15.8 Å². The molecular formula is C17H15BrN4S. The van der Waals surface area contributed by atoms with E-state index in [4.69, 9.17) is 5.84 Å². The number of hydrogen-bond donors (Lipinski definition) is 1. The third-order valence-electron chi connectivity index (χ3n) is 3.20. The SMILES string of the molecule is Nn1c(SCC=Cc2ccccc2)nnc1-c1ccccc1Br. The number of aromatic nitrogens is 3. The molecule has 0 aliphatic carbocycles. The standard InChI is InChI=1S/C17H15BrN4S/c18-15-11-5-4-10-14(15)16-20-21-17(22(16)19)23-12-6-9-13-7-2-1-3-8-13/h1-11H,12,19H2. The summed E-state index contributed by atoms with van der Waals surface area (Å²) in [5.74, 6) is 7.55. The molecule has 3 aromatic rings. The molecule has 0 amide bonds. The number of benzene rings is 2. The fourth-order valence-electron chi connectivity index (χ4n) is 2.07. The van der Waals surface area contributed by atoms with E-state index >= 15 is 0 Å². The van der Waals surface area contributed by atoms with Gasteiger partial charge in [0.15, 0.2) is 5.82 Å². The second kappa shape index (κ2) is 7.48. The Balaban J connectivity index is 1.68. The lowest BCUT2D eigenvalue weighted by atomic mass is 10.2. The zero-order chi connectivity index (χ0) is 16.1. The van der Waals surface area contributed by atoms with Gasteiger partial charge in [0, 0.05) is 15.8 Å². The van der Waals surface area contributed by atoms with E-state index in [1.165, 1.54) is 10.2 Å². The fourth-order valence-corrected chi connectivity index (χ4v) is 3.20. The van der Waals surface area contributed by atoms with Crippen LogP contribution in [0.1, 0.15) is 5.56 Å². The number of nitrogens with zero attached hydrogens (tertiary/aromatic N) is 3.